The van der Waals surface area contributed by atoms with Gasteiger partial charge in [-0.2, -0.15) is 0 Å². The molecule has 0 atom stereocenters. The van der Waals surface area contributed by atoms with Crippen molar-refractivity contribution in [3.05, 3.63) is 0 Å². The monoisotopic (exact) mass is 255 g/mol. The van der Waals surface area contributed by atoms with Gasteiger partial charge in [-0.1, -0.05) is 25.7 Å². The van der Waals surface area contributed by atoms with Gasteiger partial charge in [-0.25, -0.2) is 0 Å². The van der Waals surface area contributed by atoms with E-state index < -0.39 is 7.26 Å². The minimum atomic E-state index is -0.482. The van der Waals surface area contributed by atoms with Gasteiger partial charge < -0.3 is 0 Å². The molecule has 0 aromatic rings. The maximum Gasteiger partial charge on any atom is 0.0594 e. The third-order valence-electron chi connectivity index (χ3n) is 5.03. The van der Waals surface area contributed by atoms with E-state index in [-0.39, 0.29) is 0 Å². The molecule has 2 aliphatic rings. The first-order valence-corrected chi connectivity index (χ1v) is 10.8. The van der Waals surface area contributed by atoms with Crippen LogP contribution < -0.4 is 0 Å². The van der Waals surface area contributed by atoms with E-state index in [0.29, 0.717) is 0 Å². The van der Waals surface area contributed by atoms with Gasteiger partial charge in [0.1, 0.15) is 0 Å². The summed E-state index contributed by atoms with van der Waals surface area (Å²) in [7, 11) is -0.482. The molecule has 0 unspecified atom stereocenters. The van der Waals surface area contributed by atoms with Crippen LogP contribution in [-0.4, -0.2) is 24.6 Å². The Labute approximate surface area is 109 Å². The molecular weight excluding hydrogens is 223 g/mol. The fraction of sp³-hybridized carbons (Fsp3) is 1.00. The second kappa shape index (κ2) is 7.78. The molecule has 2 aliphatic heterocycles. The normalized spacial score (nSPS) is 28.2. The number of hydrogen-bond acceptors (Lipinski definition) is 0. The minimum absolute atomic E-state index is 0.482. The molecule has 2 heterocycles. The molecule has 0 N–H and O–H groups in total. The fourth-order valence-electron chi connectivity index (χ4n) is 3.87. The Balaban J connectivity index is 1.93. The van der Waals surface area contributed by atoms with Gasteiger partial charge in [0, 0.05) is 7.26 Å². The molecule has 1 spiro atoms. The Hall–Kier alpha value is 0.430. The van der Waals surface area contributed by atoms with E-state index in [0.717, 1.165) is 0 Å². The van der Waals surface area contributed by atoms with E-state index in [9.17, 15) is 0 Å². The fourth-order valence-corrected chi connectivity index (χ4v) is 8.79. The molecule has 0 nitrogen and oxygen atoms in total. The van der Waals surface area contributed by atoms with Crippen LogP contribution in [0.3, 0.4) is 0 Å². The molecule has 2 rings (SSSR count). The predicted molar refractivity (Wildman–Crippen MR) is 81.8 cm³/mol. The summed E-state index contributed by atoms with van der Waals surface area (Å²) in [4.78, 5) is 0. The first-order chi connectivity index (χ1) is 8.41. The Morgan fingerprint density at radius 1 is 0.294 bits per heavy atom. The highest BCUT2D eigenvalue weighted by Gasteiger charge is 2.35. The molecule has 0 saturated carbocycles. The Morgan fingerprint density at radius 3 is 0.824 bits per heavy atom. The van der Waals surface area contributed by atoms with Gasteiger partial charge >= 0.3 is 0 Å². The van der Waals surface area contributed by atoms with E-state index in [4.69, 9.17) is 0 Å². The summed E-state index contributed by atoms with van der Waals surface area (Å²) in [6.45, 7) is 0. The van der Waals surface area contributed by atoms with E-state index in [2.05, 4.69) is 0 Å². The lowest BCUT2D eigenvalue weighted by Gasteiger charge is -2.27. The zero-order chi connectivity index (χ0) is 11.8. The molecule has 2 fully saturated rings. The summed E-state index contributed by atoms with van der Waals surface area (Å²) < 4.78 is 0. The molecular formula is C16H32P+. The van der Waals surface area contributed by atoms with Crippen LogP contribution >= 0.6 is 7.26 Å². The lowest BCUT2D eigenvalue weighted by Crippen LogP contribution is -2.12. The Morgan fingerprint density at radius 2 is 0.529 bits per heavy atom. The molecule has 2 saturated heterocycles. The second-order valence-corrected chi connectivity index (χ2v) is 11.0. The van der Waals surface area contributed by atoms with E-state index in [1.165, 1.54) is 25.7 Å². The molecule has 17 heavy (non-hydrogen) atoms. The third kappa shape index (κ3) is 4.90. The highest BCUT2D eigenvalue weighted by Crippen LogP contribution is 2.62. The van der Waals surface area contributed by atoms with Gasteiger partial charge in [-0.3, -0.25) is 0 Å². The summed E-state index contributed by atoms with van der Waals surface area (Å²) in [6, 6.07) is 0. The highest BCUT2D eigenvalue weighted by molar-refractivity contribution is 7.75. The van der Waals surface area contributed by atoms with Gasteiger partial charge in [0.2, 0.25) is 0 Å². The van der Waals surface area contributed by atoms with Crippen molar-refractivity contribution in [3.8, 4) is 0 Å². The molecule has 0 aromatic heterocycles. The van der Waals surface area contributed by atoms with Gasteiger partial charge in [0.15, 0.2) is 0 Å². The average molecular weight is 255 g/mol. The van der Waals surface area contributed by atoms with Crippen LogP contribution in [0.25, 0.3) is 0 Å². The molecule has 0 radical (unpaired) electrons. The van der Waals surface area contributed by atoms with Crippen molar-refractivity contribution in [1.29, 1.82) is 0 Å². The maximum absolute atomic E-state index is 1.67. The molecule has 0 aliphatic carbocycles. The first-order valence-electron chi connectivity index (χ1n) is 8.26. The van der Waals surface area contributed by atoms with Crippen LogP contribution in [0, 0.1) is 0 Å². The summed E-state index contributed by atoms with van der Waals surface area (Å²) in [6.07, 6.45) is 25.3. The first kappa shape index (κ1) is 13.9. The van der Waals surface area contributed by atoms with Crippen LogP contribution in [0.5, 0.6) is 0 Å². The van der Waals surface area contributed by atoms with Crippen molar-refractivity contribution in [2.75, 3.05) is 24.6 Å². The van der Waals surface area contributed by atoms with Crippen LogP contribution in [0.1, 0.15) is 77.0 Å². The van der Waals surface area contributed by atoms with Crippen molar-refractivity contribution >= 4 is 7.26 Å². The van der Waals surface area contributed by atoms with Crippen LogP contribution in [0.15, 0.2) is 0 Å². The molecule has 0 bridgehead atoms. The summed E-state index contributed by atoms with van der Waals surface area (Å²) >= 11 is 0. The zero-order valence-electron chi connectivity index (χ0n) is 11.8. The summed E-state index contributed by atoms with van der Waals surface area (Å²) in [5.41, 5.74) is 0. The van der Waals surface area contributed by atoms with Gasteiger partial charge in [0.25, 0.3) is 0 Å². The van der Waals surface area contributed by atoms with Crippen molar-refractivity contribution in [2.24, 2.45) is 0 Å². The van der Waals surface area contributed by atoms with Crippen LogP contribution in [0.2, 0.25) is 0 Å². The lowest BCUT2D eigenvalue weighted by molar-refractivity contribution is 0.636. The highest BCUT2D eigenvalue weighted by atomic mass is 31.2. The van der Waals surface area contributed by atoms with Crippen molar-refractivity contribution in [1.82, 2.24) is 0 Å². The average Bonchev–Trinajstić information content (AvgIpc) is 2.52. The quantitative estimate of drug-likeness (QED) is 0.486. The molecule has 0 amide bonds. The van der Waals surface area contributed by atoms with E-state index in [1.54, 1.807) is 76.0 Å². The van der Waals surface area contributed by atoms with Crippen molar-refractivity contribution < 1.29 is 0 Å². The van der Waals surface area contributed by atoms with Crippen molar-refractivity contribution in [2.45, 2.75) is 77.0 Å². The Bertz CT molecular complexity index is 154. The summed E-state index contributed by atoms with van der Waals surface area (Å²) in [5.74, 6) is 0. The van der Waals surface area contributed by atoms with Crippen LogP contribution in [0.4, 0.5) is 0 Å². The molecule has 0 aromatic carbocycles. The molecule has 100 valence electrons. The second-order valence-electron chi connectivity index (χ2n) is 6.48. The van der Waals surface area contributed by atoms with Gasteiger partial charge in [-0.05, 0) is 51.4 Å². The summed E-state index contributed by atoms with van der Waals surface area (Å²) in [5, 5.41) is 0. The lowest BCUT2D eigenvalue weighted by atomic mass is 10.1. The zero-order valence-corrected chi connectivity index (χ0v) is 12.7. The standard InChI is InChI=1S/C16H32P/c1-2-6-10-14-17(13-9-5-1)15-11-7-3-4-8-12-16-17/h1-16H2/q+1. The SMILES string of the molecule is C1CCCC[P+]2(CCC1)CCCCCCCC2. The van der Waals surface area contributed by atoms with Crippen LogP contribution in [-0.2, 0) is 0 Å². The largest absolute Gasteiger partial charge is 0.0594 e. The number of hydrogen-bond donors (Lipinski definition) is 0. The van der Waals surface area contributed by atoms with E-state index in [1.807, 2.05) is 0 Å². The van der Waals surface area contributed by atoms with Gasteiger partial charge in [-0.15, -0.1) is 0 Å². The maximum atomic E-state index is 1.67. The topological polar surface area (TPSA) is 0 Å². The van der Waals surface area contributed by atoms with E-state index >= 15 is 0 Å². The Kier molecular flexibility index (Phi) is 6.34. The van der Waals surface area contributed by atoms with Crippen molar-refractivity contribution in [3.63, 3.8) is 0 Å². The molecule has 1 heteroatoms. The predicted octanol–water partition coefficient (Wildman–Crippen LogP) is 5.71. The smallest absolute Gasteiger partial charge is 0.0532 e. The third-order valence-corrected chi connectivity index (χ3v) is 10.1. The number of rotatable bonds is 0. The van der Waals surface area contributed by atoms with Gasteiger partial charge in [0.05, 0.1) is 24.6 Å². The minimum Gasteiger partial charge on any atom is -0.0532 e.